The molecule has 2 fully saturated rings. The Morgan fingerprint density at radius 3 is 2.44 bits per heavy atom. The van der Waals surface area contributed by atoms with E-state index >= 15 is 0 Å². The average Bonchev–Trinajstić information content (AvgIpc) is 3.74. The van der Waals surface area contributed by atoms with E-state index in [1.54, 1.807) is 12.1 Å². The zero-order valence-corrected chi connectivity index (χ0v) is 22.6. The molecule has 2 aliphatic rings. The number of aryl methyl sites for hydroxylation is 1. The molecule has 3 aromatic carbocycles. The molecule has 4 atom stereocenters. The van der Waals surface area contributed by atoms with Crippen LogP contribution in [0.1, 0.15) is 58.2 Å². The second kappa shape index (κ2) is 12.0. The quantitative estimate of drug-likeness (QED) is 0.234. The lowest BCUT2D eigenvalue weighted by Crippen LogP contribution is -2.28. The third-order valence-corrected chi connectivity index (χ3v) is 8.01. The third-order valence-electron chi connectivity index (χ3n) is 8.01. The van der Waals surface area contributed by atoms with E-state index in [1.165, 1.54) is 6.26 Å². The molecule has 2 N–H and O–H groups in total. The van der Waals surface area contributed by atoms with Gasteiger partial charge in [0.1, 0.15) is 18.6 Å². The molecule has 41 heavy (non-hydrogen) atoms. The number of ether oxygens (including phenoxy) is 2. The molecule has 2 saturated heterocycles. The summed E-state index contributed by atoms with van der Waals surface area (Å²) in [6.07, 6.45) is 4.71. The summed E-state index contributed by atoms with van der Waals surface area (Å²) < 4.78 is 18.0. The van der Waals surface area contributed by atoms with E-state index in [9.17, 15) is 9.59 Å². The molecule has 8 nitrogen and oxygen atoms in total. The topological polar surface area (TPSA) is 111 Å². The lowest BCUT2D eigenvalue weighted by atomic mass is 9.75. The number of carbonyl (C=O) groups is 2. The number of amides is 1. The van der Waals surface area contributed by atoms with E-state index < -0.39 is 5.97 Å². The number of nitrogens with one attached hydrogen (secondary N) is 1. The van der Waals surface area contributed by atoms with Gasteiger partial charge in [-0.3, -0.25) is 9.59 Å². The molecule has 2 aliphatic heterocycles. The SMILES string of the molecule is O=C(O)CCc1ccccc1C[C@@H]1[C@H](c2nc(C(=O)Nc3ccc(OCc4ccccc4)cc3)co2)[C@H]2CC[C@@H]1O2. The Morgan fingerprint density at radius 1 is 0.927 bits per heavy atom. The number of oxazole rings is 1. The number of hydrogen-bond donors (Lipinski definition) is 2. The van der Waals surface area contributed by atoms with Crippen molar-refractivity contribution in [2.45, 2.75) is 56.8 Å². The molecule has 0 aliphatic carbocycles. The molecule has 1 amide bonds. The highest BCUT2D eigenvalue weighted by molar-refractivity contribution is 6.02. The predicted octanol–water partition coefficient (Wildman–Crippen LogP) is 6.03. The first kappa shape index (κ1) is 26.8. The predicted molar refractivity (Wildman–Crippen MR) is 152 cm³/mol. The summed E-state index contributed by atoms with van der Waals surface area (Å²) in [5.41, 5.74) is 4.09. The fourth-order valence-electron chi connectivity index (χ4n) is 5.99. The number of fused-ring (bicyclic) bond motifs is 2. The fourth-order valence-corrected chi connectivity index (χ4v) is 5.99. The van der Waals surface area contributed by atoms with E-state index in [4.69, 9.17) is 19.0 Å². The molecule has 4 aromatic rings. The number of carboxylic acids is 1. The minimum Gasteiger partial charge on any atom is -0.489 e. The van der Waals surface area contributed by atoms with Crippen LogP contribution in [0.15, 0.2) is 89.5 Å². The second-order valence-corrected chi connectivity index (χ2v) is 10.7. The van der Waals surface area contributed by atoms with Crippen LogP contribution in [-0.2, 0) is 29.0 Å². The Hall–Kier alpha value is -4.43. The van der Waals surface area contributed by atoms with Crippen LogP contribution in [0.25, 0.3) is 0 Å². The first-order valence-electron chi connectivity index (χ1n) is 14.0. The summed E-state index contributed by atoms with van der Waals surface area (Å²) in [5, 5.41) is 12.0. The number of benzene rings is 3. The summed E-state index contributed by atoms with van der Waals surface area (Å²) in [4.78, 5) is 28.8. The highest BCUT2D eigenvalue weighted by atomic mass is 16.5. The van der Waals surface area contributed by atoms with Crippen LogP contribution in [0.2, 0.25) is 0 Å². The standard InChI is InChI=1S/C33H32N2O6/c36-30(37)17-10-22-8-4-5-9-23(22)18-26-28-15-16-29(41-28)31(26)33-35-27(20-40-33)32(38)34-24-11-13-25(14-12-24)39-19-21-6-2-1-3-7-21/h1-9,11-14,20,26,28-29,31H,10,15-19H2,(H,34,38)(H,36,37)/t26-,28-,29+,31-/m0/s1. The van der Waals surface area contributed by atoms with E-state index in [0.29, 0.717) is 30.4 Å². The molecule has 2 bridgehead atoms. The normalized spacial score (nSPS) is 21.1. The van der Waals surface area contributed by atoms with Gasteiger partial charge in [-0.05, 0) is 66.6 Å². The summed E-state index contributed by atoms with van der Waals surface area (Å²) in [6.45, 7) is 0.468. The van der Waals surface area contributed by atoms with Crippen LogP contribution >= 0.6 is 0 Å². The molecule has 6 rings (SSSR count). The van der Waals surface area contributed by atoms with Gasteiger partial charge >= 0.3 is 5.97 Å². The molecule has 0 spiro atoms. The summed E-state index contributed by atoms with van der Waals surface area (Å²) in [6, 6.07) is 25.1. The molecular formula is C33H32N2O6. The lowest BCUT2D eigenvalue weighted by molar-refractivity contribution is -0.136. The largest absolute Gasteiger partial charge is 0.489 e. The number of aromatic nitrogens is 1. The molecule has 8 heteroatoms. The van der Waals surface area contributed by atoms with Crippen LogP contribution in [0, 0.1) is 5.92 Å². The smallest absolute Gasteiger partial charge is 0.303 e. The maximum atomic E-state index is 13.0. The van der Waals surface area contributed by atoms with Crippen molar-refractivity contribution in [3.8, 4) is 5.75 Å². The van der Waals surface area contributed by atoms with Crippen LogP contribution < -0.4 is 10.1 Å². The Balaban J connectivity index is 1.11. The molecular weight excluding hydrogens is 520 g/mol. The summed E-state index contributed by atoms with van der Waals surface area (Å²) in [7, 11) is 0. The van der Waals surface area contributed by atoms with Gasteiger partial charge in [-0.2, -0.15) is 0 Å². The molecule has 0 saturated carbocycles. The lowest BCUT2D eigenvalue weighted by Gasteiger charge is -2.26. The molecule has 0 unspecified atom stereocenters. The van der Waals surface area contributed by atoms with Crippen molar-refractivity contribution in [3.63, 3.8) is 0 Å². The Labute approximate surface area is 238 Å². The summed E-state index contributed by atoms with van der Waals surface area (Å²) in [5.74, 6) is 0.139. The van der Waals surface area contributed by atoms with Crippen LogP contribution in [0.3, 0.4) is 0 Å². The van der Waals surface area contributed by atoms with Crippen molar-refractivity contribution in [2.75, 3.05) is 5.32 Å². The highest BCUT2D eigenvalue weighted by Crippen LogP contribution is 2.50. The molecule has 3 heterocycles. The van der Waals surface area contributed by atoms with Crippen molar-refractivity contribution in [3.05, 3.63) is 113 Å². The van der Waals surface area contributed by atoms with Crippen molar-refractivity contribution in [2.24, 2.45) is 5.92 Å². The number of carbonyl (C=O) groups excluding carboxylic acids is 1. The fraction of sp³-hybridized carbons (Fsp3) is 0.303. The molecule has 210 valence electrons. The van der Waals surface area contributed by atoms with Crippen molar-refractivity contribution >= 4 is 17.6 Å². The minimum absolute atomic E-state index is 0.00539. The van der Waals surface area contributed by atoms with Gasteiger partial charge in [0.25, 0.3) is 5.91 Å². The Bertz CT molecular complexity index is 1500. The van der Waals surface area contributed by atoms with Crippen molar-refractivity contribution in [1.82, 2.24) is 4.98 Å². The van der Waals surface area contributed by atoms with Gasteiger partial charge < -0.3 is 24.3 Å². The number of aliphatic carboxylic acids is 1. The number of carboxylic acid groups (broad SMARTS) is 1. The second-order valence-electron chi connectivity index (χ2n) is 10.7. The van der Waals surface area contributed by atoms with E-state index in [1.807, 2.05) is 60.7 Å². The zero-order valence-electron chi connectivity index (χ0n) is 22.6. The van der Waals surface area contributed by atoms with E-state index in [2.05, 4.69) is 16.4 Å². The van der Waals surface area contributed by atoms with Crippen molar-refractivity contribution in [1.29, 1.82) is 0 Å². The number of nitrogens with zero attached hydrogens (tertiary/aromatic N) is 1. The van der Waals surface area contributed by atoms with Crippen LogP contribution in [0.5, 0.6) is 5.75 Å². The van der Waals surface area contributed by atoms with Crippen LogP contribution in [0.4, 0.5) is 5.69 Å². The van der Waals surface area contributed by atoms with Crippen molar-refractivity contribution < 1.29 is 28.6 Å². The average molecular weight is 553 g/mol. The van der Waals surface area contributed by atoms with Gasteiger partial charge in [0, 0.05) is 18.0 Å². The van der Waals surface area contributed by atoms with Gasteiger partial charge in [-0.15, -0.1) is 0 Å². The first-order valence-corrected chi connectivity index (χ1v) is 14.0. The maximum absolute atomic E-state index is 13.0. The van der Waals surface area contributed by atoms with Gasteiger partial charge in [-0.25, -0.2) is 4.98 Å². The monoisotopic (exact) mass is 552 g/mol. The highest BCUT2D eigenvalue weighted by Gasteiger charge is 2.51. The minimum atomic E-state index is -0.807. The van der Waals surface area contributed by atoms with Crippen LogP contribution in [-0.4, -0.2) is 34.2 Å². The molecule has 0 radical (unpaired) electrons. The number of hydrogen-bond acceptors (Lipinski definition) is 6. The summed E-state index contributed by atoms with van der Waals surface area (Å²) >= 11 is 0. The number of anilines is 1. The van der Waals surface area contributed by atoms with Gasteiger partial charge in [0.05, 0.1) is 18.1 Å². The zero-order chi connectivity index (χ0) is 28.2. The van der Waals surface area contributed by atoms with Gasteiger partial charge in [0.15, 0.2) is 5.69 Å². The van der Waals surface area contributed by atoms with Gasteiger partial charge in [0.2, 0.25) is 5.89 Å². The maximum Gasteiger partial charge on any atom is 0.303 e. The Kier molecular flexibility index (Phi) is 7.82. The first-order chi connectivity index (χ1) is 20.0. The van der Waals surface area contributed by atoms with Gasteiger partial charge in [-0.1, -0.05) is 54.6 Å². The van der Waals surface area contributed by atoms with E-state index in [-0.39, 0.29) is 42.1 Å². The Morgan fingerprint density at radius 2 is 1.66 bits per heavy atom. The molecule has 1 aromatic heterocycles. The third kappa shape index (κ3) is 6.18. The van der Waals surface area contributed by atoms with E-state index in [0.717, 1.165) is 36.0 Å². The number of rotatable bonds is 11.